The van der Waals surface area contributed by atoms with Gasteiger partial charge in [0.1, 0.15) is 12.2 Å². The average Bonchev–Trinajstić information content (AvgIpc) is 4.09. The van der Waals surface area contributed by atoms with Gasteiger partial charge in [-0.3, -0.25) is 0 Å². The first-order valence-corrected chi connectivity index (χ1v) is 19.3. The van der Waals surface area contributed by atoms with E-state index in [1.54, 1.807) is 0 Å². The number of hydrogen-bond acceptors (Lipinski definition) is 2. The maximum absolute atomic E-state index is 7.78. The largest absolute Gasteiger partial charge is 0.361 e. The van der Waals surface area contributed by atoms with E-state index in [2.05, 4.69) is 182 Å². The van der Waals surface area contributed by atoms with Crippen molar-refractivity contribution in [2.75, 3.05) is 0 Å². The number of hydrogen-bond donors (Lipinski definition) is 0. The summed E-state index contributed by atoms with van der Waals surface area (Å²) >= 11 is 0. The van der Waals surface area contributed by atoms with Crippen LogP contribution in [0.25, 0.3) is 10.8 Å². The van der Waals surface area contributed by atoms with Crippen molar-refractivity contribution in [3.05, 3.63) is 199 Å². The van der Waals surface area contributed by atoms with Crippen LogP contribution >= 0.6 is 15.8 Å². The number of fused-ring (bicyclic) bond motifs is 7. The third-order valence-electron chi connectivity index (χ3n) is 10.2. The standard InChI is InChI=1S/C44H32O2P2/c1-5-18-32(19-6-1)47(33-20-7-2-8-21-33)39-30-29-31-17-13-14-26-36(31)40(39)43-38-28-16-15-27-37(38)41-42(45-41)44(43,46-43)48(34-22-9-3-10-23-34)35-24-11-4-12-25-35/h1-30,41-42H. The minimum Gasteiger partial charge on any atom is -0.361 e. The van der Waals surface area contributed by atoms with E-state index in [1.807, 2.05) is 0 Å². The Kier molecular flexibility index (Phi) is 6.59. The molecular formula is C44H32O2P2. The fourth-order valence-corrected chi connectivity index (χ4v) is 14.0. The molecule has 2 saturated heterocycles. The van der Waals surface area contributed by atoms with Crippen molar-refractivity contribution in [3.8, 4) is 0 Å². The fraction of sp³-hybridized carbons (Fsp3) is 0.0909. The molecule has 4 unspecified atom stereocenters. The van der Waals surface area contributed by atoms with E-state index in [-0.39, 0.29) is 12.2 Å². The smallest absolute Gasteiger partial charge is 0.163 e. The topological polar surface area (TPSA) is 25.1 Å². The monoisotopic (exact) mass is 654 g/mol. The Morgan fingerprint density at radius 1 is 0.479 bits per heavy atom. The number of epoxide rings is 2. The van der Waals surface area contributed by atoms with Gasteiger partial charge in [-0.1, -0.05) is 182 Å². The zero-order valence-electron chi connectivity index (χ0n) is 26.2. The zero-order valence-corrected chi connectivity index (χ0v) is 28.0. The SMILES string of the molecule is c1ccc(P(c2ccccc2)c2ccc3ccccc3c2C23OC2(P(c2ccccc2)c2ccccc2)C2OC2c2ccccc23)cc1. The van der Waals surface area contributed by atoms with Crippen LogP contribution in [0.5, 0.6) is 0 Å². The van der Waals surface area contributed by atoms with E-state index < -0.39 is 26.8 Å². The molecule has 4 atom stereocenters. The second-order valence-electron chi connectivity index (χ2n) is 12.7. The van der Waals surface area contributed by atoms with E-state index in [4.69, 9.17) is 9.47 Å². The summed E-state index contributed by atoms with van der Waals surface area (Å²) in [5.74, 6) is 0. The molecule has 2 aliphatic heterocycles. The van der Waals surface area contributed by atoms with Crippen LogP contribution in [0, 0.1) is 0 Å². The maximum atomic E-state index is 7.78. The summed E-state index contributed by atoms with van der Waals surface area (Å²) in [6, 6.07) is 66.8. The van der Waals surface area contributed by atoms with Crippen LogP contribution in [0.1, 0.15) is 22.8 Å². The Balaban J connectivity index is 1.33. The third-order valence-corrected chi connectivity index (χ3v) is 15.6. The lowest BCUT2D eigenvalue weighted by Crippen LogP contribution is -2.41. The molecule has 0 saturated carbocycles. The van der Waals surface area contributed by atoms with Gasteiger partial charge in [-0.25, -0.2) is 0 Å². The predicted octanol–water partition coefficient (Wildman–Crippen LogP) is 8.15. The van der Waals surface area contributed by atoms with Crippen LogP contribution in [-0.4, -0.2) is 11.4 Å². The molecule has 230 valence electrons. The first-order chi connectivity index (χ1) is 23.8. The van der Waals surface area contributed by atoms with E-state index in [9.17, 15) is 0 Å². The van der Waals surface area contributed by atoms with Crippen molar-refractivity contribution in [3.63, 3.8) is 0 Å². The van der Waals surface area contributed by atoms with Crippen molar-refractivity contribution < 1.29 is 9.47 Å². The van der Waals surface area contributed by atoms with Gasteiger partial charge in [0, 0.05) is 5.56 Å². The second-order valence-corrected chi connectivity index (χ2v) is 17.3. The lowest BCUT2D eigenvalue weighted by atomic mass is 9.76. The van der Waals surface area contributed by atoms with Gasteiger partial charge < -0.3 is 9.47 Å². The molecule has 0 bridgehead atoms. The Labute approximate surface area is 283 Å². The molecule has 2 heterocycles. The highest BCUT2D eigenvalue weighted by Gasteiger charge is 2.87. The minimum absolute atomic E-state index is 0.0254. The Hall–Kier alpha value is -4.42. The maximum Gasteiger partial charge on any atom is 0.163 e. The summed E-state index contributed by atoms with van der Waals surface area (Å²) in [6.45, 7) is 0. The first-order valence-electron chi connectivity index (χ1n) is 16.6. The molecule has 0 amide bonds. The van der Waals surface area contributed by atoms with Crippen LogP contribution < -0.4 is 26.5 Å². The molecule has 0 N–H and O–H groups in total. The van der Waals surface area contributed by atoms with Gasteiger partial charge in [-0.05, 0) is 64.3 Å². The quantitative estimate of drug-likeness (QED) is 0.128. The molecule has 0 radical (unpaired) electrons. The molecule has 0 aromatic heterocycles. The third kappa shape index (κ3) is 4.08. The highest BCUT2D eigenvalue weighted by Crippen LogP contribution is 2.83. The molecule has 3 aliphatic rings. The Bertz CT molecular complexity index is 2200. The molecule has 2 nitrogen and oxygen atoms in total. The molecular weight excluding hydrogens is 622 g/mol. The van der Waals surface area contributed by atoms with Crippen LogP contribution in [0.2, 0.25) is 0 Å². The number of rotatable bonds is 7. The average molecular weight is 655 g/mol. The summed E-state index contributed by atoms with van der Waals surface area (Å²) in [7, 11) is -1.93. The molecule has 0 spiro atoms. The van der Waals surface area contributed by atoms with Crippen LogP contribution in [-0.2, 0) is 15.1 Å². The number of benzene rings is 7. The normalized spacial score (nSPS) is 23.4. The van der Waals surface area contributed by atoms with Gasteiger partial charge in [0.2, 0.25) is 0 Å². The van der Waals surface area contributed by atoms with E-state index in [0.717, 1.165) is 0 Å². The van der Waals surface area contributed by atoms with Crippen LogP contribution in [0.15, 0.2) is 182 Å². The summed E-state index contributed by atoms with van der Waals surface area (Å²) in [6.07, 6.45) is -0.0251. The van der Waals surface area contributed by atoms with Crippen molar-refractivity contribution >= 4 is 53.1 Å². The van der Waals surface area contributed by atoms with Crippen molar-refractivity contribution in [2.24, 2.45) is 0 Å². The van der Waals surface area contributed by atoms with Gasteiger partial charge in [-0.15, -0.1) is 0 Å². The van der Waals surface area contributed by atoms with Gasteiger partial charge >= 0.3 is 0 Å². The summed E-state index contributed by atoms with van der Waals surface area (Å²) in [4.78, 5) is 0. The van der Waals surface area contributed by atoms with Crippen molar-refractivity contribution in [1.29, 1.82) is 0 Å². The second kappa shape index (κ2) is 11.1. The lowest BCUT2D eigenvalue weighted by molar-refractivity contribution is 0.273. The Morgan fingerprint density at radius 2 is 1.00 bits per heavy atom. The first kappa shape index (κ1) is 28.6. The molecule has 4 heteroatoms. The number of ether oxygens (including phenoxy) is 2. The van der Waals surface area contributed by atoms with Crippen LogP contribution in [0.3, 0.4) is 0 Å². The predicted molar refractivity (Wildman–Crippen MR) is 200 cm³/mol. The molecule has 2 fully saturated rings. The molecule has 1 aliphatic carbocycles. The zero-order chi connectivity index (χ0) is 31.7. The summed E-state index contributed by atoms with van der Waals surface area (Å²) in [5, 5.41) is 8.51. The highest BCUT2D eigenvalue weighted by molar-refractivity contribution is 7.80. The minimum atomic E-state index is -1.01. The van der Waals surface area contributed by atoms with Crippen molar-refractivity contribution in [2.45, 2.75) is 23.2 Å². The highest BCUT2D eigenvalue weighted by atomic mass is 31.1. The molecule has 10 rings (SSSR count). The lowest BCUT2D eigenvalue weighted by Gasteiger charge is -2.34. The van der Waals surface area contributed by atoms with Gasteiger partial charge in [0.05, 0.1) is 0 Å². The molecule has 48 heavy (non-hydrogen) atoms. The van der Waals surface area contributed by atoms with Crippen molar-refractivity contribution in [1.82, 2.24) is 0 Å². The fourth-order valence-electron chi connectivity index (χ4n) is 8.21. The van der Waals surface area contributed by atoms with Gasteiger partial charge in [-0.2, -0.15) is 0 Å². The molecule has 7 aromatic rings. The molecule has 7 aromatic carbocycles. The van der Waals surface area contributed by atoms with Gasteiger partial charge in [0.25, 0.3) is 0 Å². The Morgan fingerprint density at radius 3 is 1.62 bits per heavy atom. The summed E-state index contributed by atoms with van der Waals surface area (Å²) < 4.78 is 14.6. The summed E-state index contributed by atoms with van der Waals surface area (Å²) in [5.41, 5.74) is 3.09. The van der Waals surface area contributed by atoms with Crippen LogP contribution in [0.4, 0.5) is 0 Å². The van der Waals surface area contributed by atoms with E-state index >= 15 is 0 Å². The van der Waals surface area contributed by atoms with E-state index in [1.165, 1.54) is 54.0 Å². The van der Waals surface area contributed by atoms with Gasteiger partial charge in [0.15, 0.2) is 10.9 Å². The van der Waals surface area contributed by atoms with E-state index in [0.29, 0.717) is 0 Å².